The lowest BCUT2D eigenvalue weighted by molar-refractivity contribution is -0.207. The number of para-hydroxylation sites is 1. The van der Waals surface area contributed by atoms with E-state index in [9.17, 15) is 18.8 Å². The summed E-state index contributed by atoms with van der Waals surface area (Å²) in [5.74, 6) is -2.11. The smallest absolute Gasteiger partial charge is 0.303 e. The highest BCUT2D eigenvalue weighted by Crippen LogP contribution is 2.37. The number of benzene rings is 2. The third kappa shape index (κ3) is 7.19. The molecule has 0 radical (unpaired) electrons. The molecule has 0 bridgehead atoms. The van der Waals surface area contributed by atoms with Crippen LogP contribution in [-0.2, 0) is 33.3 Å². The Hall–Kier alpha value is -3.11. The summed E-state index contributed by atoms with van der Waals surface area (Å²) in [6, 6.07) is 14.4. The van der Waals surface area contributed by atoms with E-state index in [0.717, 1.165) is 5.69 Å². The third-order valence-electron chi connectivity index (χ3n) is 4.87. The zero-order valence-electron chi connectivity index (χ0n) is 18.9. The quantitative estimate of drug-likeness (QED) is 0.439. The number of carbonyl (C=O) groups is 3. The van der Waals surface area contributed by atoms with Crippen molar-refractivity contribution in [2.75, 3.05) is 11.9 Å². The molecule has 1 heterocycles. The average Bonchev–Trinajstić information content (AvgIpc) is 2.78. The first-order valence-electron chi connectivity index (χ1n) is 10.6. The molecule has 3 rings (SSSR count). The van der Waals surface area contributed by atoms with E-state index in [0.29, 0.717) is 4.90 Å². The van der Waals surface area contributed by atoms with Crippen molar-refractivity contribution in [3.8, 4) is 0 Å². The van der Waals surface area contributed by atoms with E-state index < -0.39 is 47.7 Å². The molecule has 1 fully saturated rings. The number of rotatable bonds is 8. The molecule has 1 aliphatic heterocycles. The van der Waals surface area contributed by atoms with Crippen LogP contribution < -0.4 is 5.32 Å². The molecule has 0 aromatic heterocycles. The SMILES string of the molecule is CC(=O)OCC1OC(Sc2ccc(F)cc2)C(Nc2ccccc2)C(OC(C)=O)C1OC(C)=O. The minimum absolute atomic E-state index is 0.219. The van der Waals surface area contributed by atoms with Gasteiger partial charge in [0.2, 0.25) is 0 Å². The standard InChI is InChI=1S/C24H26FNO7S/c1-14(27)30-13-20-22(31-15(2)28)23(32-16(3)29)21(26-18-7-5-4-6-8-18)24(33-20)34-19-11-9-17(25)10-12-19/h4-12,20-24,26H,13H2,1-3H3. The number of anilines is 1. The van der Waals surface area contributed by atoms with Crippen LogP contribution >= 0.6 is 11.8 Å². The highest BCUT2D eigenvalue weighted by atomic mass is 32.2. The molecule has 1 aliphatic rings. The summed E-state index contributed by atoms with van der Waals surface area (Å²) in [6.45, 7) is 3.51. The fraction of sp³-hybridized carbons (Fsp3) is 0.375. The molecule has 1 saturated heterocycles. The Morgan fingerprint density at radius 2 is 1.53 bits per heavy atom. The van der Waals surface area contributed by atoms with E-state index in [4.69, 9.17) is 18.9 Å². The topological polar surface area (TPSA) is 100 Å². The zero-order valence-corrected chi connectivity index (χ0v) is 19.8. The summed E-state index contributed by atoms with van der Waals surface area (Å²) in [5, 5.41) is 3.31. The summed E-state index contributed by atoms with van der Waals surface area (Å²) in [5.41, 5.74) is 0.0281. The Kier molecular flexibility index (Phi) is 8.89. The third-order valence-corrected chi connectivity index (χ3v) is 6.06. The molecule has 2 aromatic rings. The maximum Gasteiger partial charge on any atom is 0.303 e. The van der Waals surface area contributed by atoms with E-state index in [-0.39, 0.29) is 12.4 Å². The summed E-state index contributed by atoms with van der Waals surface area (Å²) in [7, 11) is 0. The molecule has 182 valence electrons. The highest BCUT2D eigenvalue weighted by molar-refractivity contribution is 7.99. The molecule has 5 atom stereocenters. The average molecular weight is 492 g/mol. The lowest BCUT2D eigenvalue weighted by Crippen LogP contribution is -2.62. The van der Waals surface area contributed by atoms with Crippen molar-refractivity contribution < 1.29 is 37.7 Å². The van der Waals surface area contributed by atoms with Crippen molar-refractivity contribution in [3.05, 3.63) is 60.4 Å². The first kappa shape index (κ1) is 25.5. The molecule has 1 N–H and O–H groups in total. The summed E-state index contributed by atoms with van der Waals surface area (Å²) in [6.07, 6.45) is -2.94. The Morgan fingerprint density at radius 3 is 2.12 bits per heavy atom. The second-order valence-electron chi connectivity index (χ2n) is 7.60. The first-order valence-corrected chi connectivity index (χ1v) is 11.5. The Labute approximate surface area is 201 Å². The first-order chi connectivity index (χ1) is 16.2. The zero-order chi connectivity index (χ0) is 24.7. The molecule has 5 unspecified atom stereocenters. The second-order valence-corrected chi connectivity index (χ2v) is 8.77. The Morgan fingerprint density at radius 1 is 0.912 bits per heavy atom. The highest BCUT2D eigenvalue weighted by Gasteiger charge is 2.50. The summed E-state index contributed by atoms with van der Waals surface area (Å²) < 4.78 is 36.0. The number of esters is 3. The van der Waals surface area contributed by atoms with Crippen LogP contribution in [0.15, 0.2) is 59.5 Å². The van der Waals surface area contributed by atoms with Gasteiger partial charge in [0.15, 0.2) is 12.2 Å². The molecule has 10 heteroatoms. The van der Waals surface area contributed by atoms with E-state index in [1.807, 2.05) is 30.3 Å². The number of ether oxygens (including phenoxy) is 4. The van der Waals surface area contributed by atoms with Gasteiger partial charge in [0, 0.05) is 31.4 Å². The lowest BCUT2D eigenvalue weighted by atomic mass is 9.97. The van der Waals surface area contributed by atoms with Crippen molar-refractivity contribution >= 4 is 35.4 Å². The molecule has 2 aromatic carbocycles. The van der Waals surface area contributed by atoms with Crippen molar-refractivity contribution in [1.82, 2.24) is 0 Å². The second kappa shape index (κ2) is 11.8. The van der Waals surface area contributed by atoms with E-state index in [1.54, 1.807) is 12.1 Å². The largest absolute Gasteiger partial charge is 0.463 e. The number of hydrogen-bond donors (Lipinski definition) is 1. The summed E-state index contributed by atoms with van der Waals surface area (Å²) >= 11 is 1.27. The van der Waals surface area contributed by atoms with E-state index in [2.05, 4.69) is 5.32 Å². The van der Waals surface area contributed by atoms with Gasteiger partial charge in [-0.3, -0.25) is 14.4 Å². The number of halogens is 1. The van der Waals surface area contributed by atoms with Crippen molar-refractivity contribution in [2.24, 2.45) is 0 Å². The Bertz CT molecular complexity index is 989. The van der Waals surface area contributed by atoms with Crippen LogP contribution in [0.1, 0.15) is 20.8 Å². The number of carbonyl (C=O) groups excluding carboxylic acids is 3. The van der Waals surface area contributed by atoms with Gasteiger partial charge in [0.1, 0.15) is 30.0 Å². The van der Waals surface area contributed by atoms with Gasteiger partial charge >= 0.3 is 17.9 Å². The van der Waals surface area contributed by atoms with Gasteiger partial charge in [0.05, 0.1) is 0 Å². The van der Waals surface area contributed by atoms with Crippen LogP contribution in [-0.4, -0.2) is 54.3 Å². The molecule has 34 heavy (non-hydrogen) atoms. The van der Waals surface area contributed by atoms with Gasteiger partial charge < -0.3 is 24.3 Å². The van der Waals surface area contributed by atoms with Crippen molar-refractivity contribution in [2.45, 2.75) is 55.5 Å². The monoisotopic (exact) mass is 491 g/mol. The molecular weight excluding hydrogens is 465 g/mol. The van der Waals surface area contributed by atoms with Gasteiger partial charge in [-0.25, -0.2) is 4.39 Å². The van der Waals surface area contributed by atoms with Crippen LogP contribution in [0.2, 0.25) is 0 Å². The van der Waals surface area contributed by atoms with Crippen LogP contribution in [0.4, 0.5) is 10.1 Å². The summed E-state index contributed by atoms with van der Waals surface area (Å²) in [4.78, 5) is 36.1. The number of nitrogens with one attached hydrogen (secondary N) is 1. The molecule has 0 amide bonds. The van der Waals surface area contributed by atoms with Crippen molar-refractivity contribution in [3.63, 3.8) is 0 Å². The molecule has 8 nitrogen and oxygen atoms in total. The van der Waals surface area contributed by atoms with E-state index >= 15 is 0 Å². The fourth-order valence-electron chi connectivity index (χ4n) is 3.53. The number of hydrogen-bond acceptors (Lipinski definition) is 9. The van der Waals surface area contributed by atoms with Gasteiger partial charge in [0.25, 0.3) is 0 Å². The minimum Gasteiger partial charge on any atom is -0.463 e. The molecule has 0 saturated carbocycles. The van der Waals surface area contributed by atoms with Gasteiger partial charge in [-0.2, -0.15) is 0 Å². The minimum atomic E-state index is -1.05. The Balaban J connectivity index is 2.00. The van der Waals surface area contributed by atoms with Crippen LogP contribution in [0, 0.1) is 5.82 Å². The number of thioether (sulfide) groups is 1. The van der Waals surface area contributed by atoms with Gasteiger partial charge in [-0.15, -0.1) is 0 Å². The van der Waals surface area contributed by atoms with Crippen LogP contribution in [0.3, 0.4) is 0 Å². The lowest BCUT2D eigenvalue weighted by Gasteiger charge is -2.45. The maximum absolute atomic E-state index is 13.4. The fourth-order valence-corrected chi connectivity index (χ4v) is 4.66. The maximum atomic E-state index is 13.4. The normalized spacial score (nSPS) is 24.1. The molecule has 0 spiro atoms. The van der Waals surface area contributed by atoms with Gasteiger partial charge in [-0.1, -0.05) is 30.0 Å². The molecular formula is C24H26FNO7S. The van der Waals surface area contributed by atoms with Crippen LogP contribution in [0.5, 0.6) is 0 Å². The van der Waals surface area contributed by atoms with Crippen LogP contribution in [0.25, 0.3) is 0 Å². The predicted molar refractivity (Wildman–Crippen MR) is 123 cm³/mol. The molecule has 0 aliphatic carbocycles. The van der Waals surface area contributed by atoms with E-state index in [1.165, 1.54) is 44.7 Å². The van der Waals surface area contributed by atoms with Gasteiger partial charge in [-0.05, 0) is 36.4 Å². The van der Waals surface area contributed by atoms with Crippen molar-refractivity contribution in [1.29, 1.82) is 0 Å². The predicted octanol–water partition coefficient (Wildman–Crippen LogP) is 3.55.